The molecule has 0 unspecified atom stereocenters. The zero-order valence-electron chi connectivity index (χ0n) is 60.8. The molecule has 0 atom stereocenters. The molecule has 10 nitrogen and oxygen atoms in total. The second-order valence-corrected chi connectivity index (χ2v) is 25.7. The minimum absolute atomic E-state index is 0.0713. The maximum atomic E-state index is 13.4. The second-order valence-electron chi connectivity index (χ2n) is 25.7. The van der Waals surface area contributed by atoms with Crippen molar-refractivity contribution < 1.29 is 45.9 Å². The van der Waals surface area contributed by atoms with Crippen molar-refractivity contribution in [3.8, 4) is 67.9 Å². The molecule has 0 aliphatic heterocycles. The van der Waals surface area contributed by atoms with Gasteiger partial charge in [-0.1, -0.05) is 127 Å². The molecule has 0 aliphatic rings. The molecule has 16 rings (SSSR count). The van der Waals surface area contributed by atoms with Crippen LogP contribution in [0.2, 0.25) is 0 Å². The highest BCUT2D eigenvalue weighted by Crippen LogP contribution is 2.30. The van der Waals surface area contributed by atoms with Crippen molar-refractivity contribution in [2.24, 2.45) is 42.3 Å². The fourth-order valence-corrected chi connectivity index (χ4v) is 13.1. The number of pyridine rings is 4. The van der Waals surface area contributed by atoms with Crippen LogP contribution in [0.1, 0.15) is 39.1 Å². The Morgan fingerprint density at radius 2 is 0.922 bits per heavy atom. The third kappa shape index (κ3) is 16.7. The van der Waals surface area contributed by atoms with Crippen LogP contribution in [0.5, 0.6) is 0 Å². The van der Waals surface area contributed by atoms with Gasteiger partial charge in [0, 0.05) is 94.4 Å². The lowest BCUT2D eigenvalue weighted by molar-refractivity contribution is -0.744. The Morgan fingerprint density at radius 1 is 0.379 bits per heavy atom. The molecule has 0 spiro atoms. The maximum Gasteiger partial charge on any atom is 0.248 e. The fraction of sp³-hybridized carbons (Fsp3) is 0.143. The number of aliphatic hydroxyl groups is 1. The molecule has 0 amide bonds. The third-order valence-corrected chi connectivity index (χ3v) is 18.8. The number of halogens is 2. The van der Waals surface area contributed by atoms with Crippen molar-refractivity contribution in [3.63, 3.8) is 0 Å². The number of aliphatic hydroxyl groups excluding tert-OH is 1. The largest absolute Gasteiger partial charge is 0.452 e. The number of rotatable bonds is 8. The van der Waals surface area contributed by atoms with Gasteiger partial charge in [-0.15, -0.1) is 18.7 Å². The maximum absolute atomic E-state index is 13.4. The number of hydrogen-bond donors (Lipinski definition) is 1. The number of aromatic nitrogens is 8. The smallest absolute Gasteiger partial charge is 0.248 e. The third-order valence-electron chi connectivity index (χ3n) is 18.8. The van der Waals surface area contributed by atoms with E-state index in [2.05, 4.69) is 324 Å². The van der Waals surface area contributed by atoms with Crippen molar-refractivity contribution in [2.75, 3.05) is 0 Å². The molecular formula is C91H90F2N8O2+6. The van der Waals surface area contributed by atoms with Crippen LogP contribution in [-0.2, 0) is 48.9 Å². The van der Waals surface area contributed by atoms with Gasteiger partial charge < -0.3 is 9.52 Å². The van der Waals surface area contributed by atoms with Crippen molar-refractivity contribution >= 4 is 32.6 Å². The van der Waals surface area contributed by atoms with Gasteiger partial charge in [0.2, 0.25) is 45.3 Å². The molecule has 1 N–H and O–H groups in total. The molecule has 9 aromatic carbocycles. The van der Waals surface area contributed by atoms with E-state index < -0.39 is 11.6 Å². The standard InChI is InChI=1S/C19H18N.C17H16N.C16H16NO2.C15H15N2.C13H12F2N.C11H13N2/c1-15-9-6-7-12-17(15)19-14-8-13-18(20(19)2)16-10-4-3-5-11-16;1-13-15-8-4-3-7-14(15)10-11-16(13)17-9-5-6-12-18(17)2;1-11-9-13(10-18)19-16(11)15-8-7-12-5-3-4-6-14(12)17(15)2;1-12-7-3-5-9-14(12)17-11-13-8-4-6-10-15(13)16(17)2;1-9-11(7-10(14)8-12(9)15)13-5-3-4-6-16(13)2;1-10-6-3-4-7-11(10)13-9-5-8-12(13)2/h3-14H,1-2H3;3-12H,1-2H3;3-9,18H,10H2,1-2H3;3-11H,1-2H3;3-8H,1-2H3;3-9H,1-2H3/q6*+1. The van der Waals surface area contributed by atoms with Gasteiger partial charge in [-0.05, 0) is 165 Å². The molecule has 0 fully saturated rings. The first kappa shape index (κ1) is 72.1. The van der Waals surface area contributed by atoms with Gasteiger partial charge in [0.1, 0.15) is 63.6 Å². The summed E-state index contributed by atoms with van der Waals surface area (Å²) in [4.78, 5) is 0. The predicted octanol–water partition coefficient (Wildman–Crippen LogP) is 17.7. The molecule has 16 aromatic rings. The van der Waals surface area contributed by atoms with E-state index in [1.165, 1.54) is 101 Å². The zero-order chi connectivity index (χ0) is 72.7. The summed E-state index contributed by atoms with van der Waals surface area (Å²) in [6.07, 6.45) is 10.2. The average Bonchev–Trinajstić information content (AvgIpc) is 1.67. The van der Waals surface area contributed by atoms with E-state index in [0.29, 0.717) is 16.9 Å². The lowest BCUT2D eigenvalue weighted by atomic mass is 9.98. The first-order valence-corrected chi connectivity index (χ1v) is 34.5. The Labute approximate surface area is 603 Å². The van der Waals surface area contributed by atoms with E-state index in [4.69, 9.17) is 9.52 Å². The zero-order valence-corrected chi connectivity index (χ0v) is 60.8. The number of aryl methyl sites for hydroxylation is 10. The molecular weight excluding hydrogens is 1280 g/mol. The lowest BCUT2D eigenvalue weighted by Gasteiger charge is -2.07. The van der Waals surface area contributed by atoms with Crippen LogP contribution >= 0.6 is 0 Å². The molecule has 514 valence electrons. The van der Waals surface area contributed by atoms with Crippen molar-refractivity contribution in [2.45, 2.75) is 48.1 Å². The molecule has 7 heterocycles. The van der Waals surface area contributed by atoms with E-state index in [0.717, 1.165) is 34.3 Å². The first-order valence-electron chi connectivity index (χ1n) is 34.5. The Hall–Kier alpha value is -12.1. The monoisotopic (exact) mass is 1360 g/mol. The normalized spacial score (nSPS) is 10.7. The van der Waals surface area contributed by atoms with Gasteiger partial charge in [0.15, 0.2) is 32.7 Å². The minimum Gasteiger partial charge on any atom is -0.452 e. The van der Waals surface area contributed by atoms with Gasteiger partial charge in [-0.2, -0.15) is 9.13 Å². The van der Waals surface area contributed by atoms with Gasteiger partial charge in [-0.25, -0.2) is 17.9 Å². The van der Waals surface area contributed by atoms with Gasteiger partial charge in [-0.3, -0.25) is 0 Å². The Kier molecular flexibility index (Phi) is 23.4. The summed E-state index contributed by atoms with van der Waals surface area (Å²) in [6.45, 7) is 12.2. The van der Waals surface area contributed by atoms with E-state index in [1.807, 2.05) is 87.5 Å². The predicted molar refractivity (Wildman–Crippen MR) is 411 cm³/mol. The Bertz CT molecular complexity index is 5600. The summed E-state index contributed by atoms with van der Waals surface area (Å²) in [5, 5.41) is 14.3. The van der Waals surface area contributed by atoms with Crippen LogP contribution in [0.15, 0.2) is 314 Å². The average molecular weight is 1370 g/mol. The molecule has 0 saturated carbocycles. The summed E-state index contributed by atoms with van der Waals surface area (Å²) in [5.74, 6) is 0.346. The fourth-order valence-electron chi connectivity index (χ4n) is 13.1. The lowest BCUT2D eigenvalue weighted by Crippen LogP contribution is -2.38. The van der Waals surface area contributed by atoms with Crippen LogP contribution < -0.4 is 27.6 Å². The highest BCUT2D eigenvalue weighted by atomic mass is 19.1. The van der Waals surface area contributed by atoms with E-state index in [1.54, 1.807) is 6.92 Å². The van der Waals surface area contributed by atoms with Crippen LogP contribution in [-0.4, -0.2) is 14.5 Å². The number of hydrogen-bond acceptors (Lipinski definition) is 2. The molecule has 0 saturated heterocycles. The van der Waals surface area contributed by atoms with Crippen LogP contribution in [0.3, 0.4) is 0 Å². The molecule has 0 aliphatic carbocycles. The quantitative estimate of drug-likeness (QED) is 0.154. The second kappa shape index (κ2) is 33.4. The molecule has 7 aromatic heterocycles. The highest BCUT2D eigenvalue weighted by molar-refractivity contribution is 5.90. The number of benzene rings is 9. The first-order chi connectivity index (χ1) is 49.9. The topological polar surface area (TPSA) is 66.5 Å². The summed E-state index contributed by atoms with van der Waals surface area (Å²) >= 11 is 0. The number of furan rings is 1. The number of para-hydroxylation sites is 4. The Morgan fingerprint density at radius 3 is 1.54 bits per heavy atom. The molecule has 0 radical (unpaired) electrons. The van der Waals surface area contributed by atoms with E-state index in [-0.39, 0.29) is 6.61 Å². The summed E-state index contributed by atoms with van der Waals surface area (Å²) in [7, 11) is 12.2. The van der Waals surface area contributed by atoms with E-state index in [9.17, 15) is 8.78 Å². The van der Waals surface area contributed by atoms with Crippen LogP contribution in [0, 0.1) is 53.2 Å². The molecule has 0 bridgehead atoms. The number of fused-ring (bicyclic) bond motifs is 3. The summed E-state index contributed by atoms with van der Waals surface area (Å²) in [6, 6.07) is 94.1. The molecule has 12 heteroatoms. The van der Waals surface area contributed by atoms with Crippen molar-refractivity contribution in [1.29, 1.82) is 0 Å². The summed E-state index contributed by atoms with van der Waals surface area (Å²) in [5.41, 5.74) is 21.5. The highest BCUT2D eigenvalue weighted by Gasteiger charge is 2.22. The van der Waals surface area contributed by atoms with Crippen molar-refractivity contribution in [3.05, 3.63) is 361 Å². The van der Waals surface area contributed by atoms with Crippen LogP contribution in [0.25, 0.3) is 100 Å². The Balaban J connectivity index is 0.000000125. The van der Waals surface area contributed by atoms with E-state index >= 15 is 0 Å². The van der Waals surface area contributed by atoms with Crippen molar-refractivity contribution in [1.82, 2.24) is 9.36 Å². The SMILES string of the molecule is Cc1c(-c2cccc[n+]2C)ccc2ccccc12.Cc1c(F)cc(F)cc1-c1cccc[n+]1C.Cc1cc(CO)oc1-c1ccc2ccccc2[n+]1C.Cc1ccccc1-c1cccc(-c2ccccc2)[n+]1C.Cc1ccccc1-n1cc2ccccc2[n+]1C.Cc1ccccc1-n1ccc[n+]1C. The molecule has 103 heavy (non-hydrogen) atoms. The van der Waals surface area contributed by atoms with Crippen LogP contribution in [0.4, 0.5) is 8.78 Å². The number of nitrogens with zero attached hydrogens (tertiary/aromatic N) is 8. The summed E-state index contributed by atoms with van der Waals surface area (Å²) < 4.78 is 49.2. The minimum atomic E-state index is -0.554. The van der Waals surface area contributed by atoms with Gasteiger partial charge in [0.05, 0.1) is 23.3 Å². The van der Waals surface area contributed by atoms with Gasteiger partial charge >= 0.3 is 0 Å². The van der Waals surface area contributed by atoms with Gasteiger partial charge in [0.25, 0.3) is 0 Å².